The quantitative estimate of drug-likeness (QED) is 0.476. The van der Waals surface area contributed by atoms with E-state index >= 15 is 0 Å². The molecule has 0 fully saturated rings. The standard InChI is InChI=1S/C23H27Cl2F2N3O4S/c1-5-14(2)28-23(32)15(3)29(12-17-18(24)7-6-8-19(17)25)22(31)13-30(35(4,33)34)16-9-10-20(26)21(27)11-16/h6-11,14-15H,5,12-13H2,1-4H3,(H,28,32)/t14-,15+/m0/s1. The molecule has 0 aromatic heterocycles. The number of hydrogen-bond donors (Lipinski definition) is 1. The van der Waals surface area contributed by atoms with Crippen LogP contribution in [0.2, 0.25) is 10.0 Å². The molecule has 0 heterocycles. The van der Waals surface area contributed by atoms with Gasteiger partial charge in [0.15, 0.2) is 11.6 Å². The molecule has 12 heteroatoms. The minimum Gasteiger partial charge on any atom is -0.352 e. The van der Waals surface area contributed by atoms with Crippen molar-refractivity contribution in [2.45, 2.75) is 45.8 Å². The van der Waals surface area contributed by atoms with Crippen LogP contribution in [0.5, 0.6) is 0 Å². The molecule has 0 aliphatic carbocycles. The Morgan fingerprint density at radius 2 is 1.66 bits per heavy atom. The first-order chi connectivity index (χ1) is 16.3. The van der Waals surface area contributed by atoms with E-state index in [1.165, 1.54) is 6.92 Å². The Labute approximate surface area is 214 Å². The monoisotopic (exact) mass is 549 g/mol. The highest BCUT2D eigenvalue weighted by atomic mass is 35.5. The van der Waals surface area contributed by atoms with E-state index in [0.29, 0.717) is 22.4 Å². The minimum absolute atomic E-state index is 0.166. The third-order valence-electron chi connectivity index (χ3n) is 5.43. The minimum atomic E-state index is -4.09. The third-order valence-corrected chi connectivity index (χ3v) is 7.28. The molecule has 0 aliphatic heterocycles. The van der Waals surface area contributed by atoms with Gasteiger partial charge in [-0.2, -0.15) is 0 Å². The van der Waals surface area contributed by atoms with E-state index < -0.39 is 46.1 Å². The summed E-state index contributed by atoms with van der Waals surface area (Å²) < 4.78 is 52.8. The number of nitrogens with one attached hydrogen (secondary N) is 1. The van der Waals surface area contributed by atoms with Crippen molar-refractivity contribution in [3.8, 4) is 0 Å². The predicted octanol–water partition coefficient (Wildman–Crippen LogP) is 4.37. The van der Waals surface area contributed by atoms with E-state index in [9.17, 15) is 26.8 Å². The summed E-state index contributed by atoms with van der Waals surface area (Å²) in [5, 5.41) is 3.30. The zero-order valence-electron chi connectivity index (χ0n) is 19.7. The van der Waals surface area contributed by atoms with Crippen molar-refractivity contribution < 1.29 is 26.8 Å². The Morgan fingerprint density at radius 1 is 1.06 bits per heavy atom. The summed E-state index contributed by atoms with van der Waals surface area (Å²) in [7, 11) is -4.09. The molecule has 1 N–H and O–H groups in total. The Hall–Kier alpha value is -2.43. The average Bonchev–Trinajstić information content (AvgIpc) is 2.77. The summed E-state index contributed by atoms with van der Waals surface area (Å²) in [5.41, 5.74) is 0.123. The molecule has 192 valence electrons. The first-order valence-corrected chi connectivity index (χ1v) is 13.3. The zero-order valence-corrected chi connectivity index (χ0v) is 22.0. The van der Waals surface area contributed by atoms with Gasteiger partial charge in [-0.05, 0) is 44.5 Å². The van der Waals surface area contributed by atoms with E-state index in [2.05, 4.69) is 5.32 Å². The number of amides is 2. The van der Waals surface area contributed by atoms with Gasteiger partial charge < -0.3 is 10.2 Å². The molecule has 0 saturated carbocycles. The molecule has 7 nitrogen and oxygen atoms in total. The maximum atomic E-state index is 13.8. The highest BCUT2D eigenvalue weighted by molar-refractivity contribution is 7.92. The highest BCUT2D eigenvalue weighted by Gasteiger charge is 2.31. The van der Waals surface area contributed by atoms with Gasteiger partial charge >= 0.3 is 0 Å². The van der Waals surface area contributed by atoms with Crippen LogP contribution in [-0.4, -0.2) is 50.0 Å². The number of anilines is 1. The number of halogens is 4. The van der Waals surface area contributed by atoms with Gasteiger partial charge in [0.25, 0.3) is 0 Å². The number of carbonyl (C=O) groups is 2. The van der Waals surface area contributed by atoms with E-state index in [-0.39, 0.29) is 28.3 Å². The van der Waals surface area contributed by atoms with Crippen molar-refractivity contribution in [2.24, 2.45) is 0 Å². The van der Waals surface area contributed by atoms with Crippen molar-refractivity contribution in [2.75, 3.05) is 17.1 Å². The molecule has 2 aromatic rings. The van der Waals surface area contributed by atoms with E-state index in [0.717, 1.165) is 23.3 Å². The molecule has 0 spiro atoms. The maximum absolute atomic E-state index is 13.8. The molecule has 0 bridgehead atoms. The van der Waals surface area contributed by atoms with Crippen molar-refractivity contribution >= 4 is 50.7 Å². The second-order valence-corrected chi connectivity index (χ2v) is 10.8. The fourth-order valence-corrected chi connectivity index (χ4v) is 4.51. The maximum Gasteiger partial charge on any atom is 0.244 e. The molecule has 2 amide bonds. The van der Waals surface area contributed by atoms with Crippen LogP contribution in [-0.2, 0) is 26.2 Å². The van der Waals surface area contributed by atoms with Gasteiger partial charge in [0.05, 0.1) is 11.9 Å². The Bertz CT molecular complexity index is 1180. The lowest BCUT2D eigenvalue weighted by Gasteiger charge is -2.32. The molecule has 0 unspecified atom stereocenters. The van der Waals surface area contributed by atoms with Gasteiger partial charge in [-0.1, -0.05) is 36.2 Å². The van der Waals surface area contributed by atoms with Gasteiger partial charge in [-0.15, -0.1) is 0 Å². The lowest BCUT2D eigenvalue weighted by atomic mass is 10.1. The Morgan fingerprint density at radius 3 is 2.17 bits per heavy atom. The molecule has 35 heavy (non-hydrogen) atoms. The summed E-state index contributed by atoms with van der Waals surface area (Å²) >= 11 is 12.5. The van der Waals surface area contributed by atoms with Gasteiger partial charge in [0.1, 0.15) is 12.6 Å². The third kappa shape index (κ3) is 7.52. The van der Waals surface area contributed by atoms with E-state index in [4.69, 9.17) is 23.2 Å². The van der Waals surface area contributed by atoms with Crippen LogP contribution in [0.1, 0.15) is 32.8 Å². The first kappa shape index (κ1) is 28.8. The number of hydrogen-bond acceptors (Lipinski definition) is 4. The number of rotatable bonds is 10. The van der Waals surface area contributed by atoms with E-state index in [1.807, 2.05) is 6.92 Å². The van der Waals surface area contributed by atoms with Crippen molar-refractivity contribution in [1.82, 2.24) is 10.2 Å². The summed E-state index contributed by atoms with van der Waals surface area (Å²) in [6.45, 7) is 4.21. The second kappa shape index (κ2) is 12.0. The van der Waals surface area contributed by atoms with Crippen LogP contribution < -0.4 is 9.62 Å². The SMILES string of the molecule is CC[C@H](C)NC(=O)[C@@H](C)N(Cc1c(Cl)cccc1Cl)C(=O)CN(c1ccc(F)c(F)c1)S(C)(=O)=O. The topological polar surface area (TPSA) is 86.8 Å². The molecule has 0 radical (unpaired) electrons. The molecule has 0 saturated heterocycles. The molecular weight excluding hydrogens is 523 g/mol. The number of carbonyl (C=O) groups excluding carboxylic acids is 2. The summed E-state index contributed by atoms with van der Waals surface area (Å²) in [6.07, 6.45) is 1.48. The van der Waals surface area contributed by atoms with Gasteiger partial charge in [-0.25, -0.2) is 17.2 Å². The molecule has 2 atom stereocenters. The van der Waals surface area contributed by atoms with Gasteiger partial charge in [-0.3, -0.25) is 13.9 Å². The van der Waals surface area contributed by atoms with Crippen LogP contribution in [0.15, 0.2) is 36.4 Å². The number of benzene rings is 2. The zero-order chi connectivity index (χ0) is 26.5. The largest absolute Gasteiger partial charge is 0.352 e. The molecule has 2 aromatic carbocycles. The van der Waals surface area contributed by atoms with Gasteiger partial charge in [0, 0.05) is 34.3 Å². The summed E-state index contributed by atoms with van der Waals surface area (Å²) in [6, 6.07) is 6.04. The summed E-state index contributed by atoms with van der Waals surface area (Å²) in [5.74, 6) is -3.68. The fraction of sp³-hybridized carbons (Fsp3) is 0.391. The second-order valence-electron chi connectivity index (χ2n) is 8.08. The number of sulfonamides is 1. The van der Waals surface area contributed by atoms with E-state index in [1.54, 1.807) is 25.1 Å². The lowest BCUT2D eigenvalue weighted by molar-refractivity contribution is -0.139. The van der Waals surface area contributed by atoms with Gasteiger partial charge in [0.2, 0.25) is 21.8 Å². The normalized spacial score (nSPS) is 13.1. The van der Waals surface area contributed by atoms with Crippen molar-refractivity contribution in [3.05, 3.63) is 63.6 Å². The Kier molecular flexibility index (Phi) is 9.88. The van der Waals surface area contributed by atoms with Crippen LogP contribution in [0.25, 0.3) is 0 Å². The molecule has 2 rings (SSSR count). The van der Waals surface area contributed by atoms with Crippen molar-refractivity contribution in [1.29, 1.82) is 0 Å². The van der Waals surface area contributed by atoms with Crippen LogP contribution in [0.4, 0.5) is 14.5 Å². The fourth-order valence-electron chi connectivity index (χ4n) is 3.16. The lowest BCUT2D eigenvalue weighted by Crippen LogP contribution is -2.52. The van der Waals surface area contributed by atoms with Crippen LogP contribution >= 0.6 is 23.2 Å². The molecular formula is C23H27Cl2F2N3O4S. The molecule has 0 aliphatic rings. The average molecular weight is 550 g/mol. The van der Waals surface area contributed by atoms with Crippen LogP contribution in [0.3, 0.4) is 0 Å². The number of nitrogens with zero attached hydrogens (tertiary/aromatic N) is 2. The summed E-state index contributed by atoms with van der Waals surface area (Å²) in [4.78, 5) is 27.4. The highest BCUT2D eigenvalue weighted by Crippen LogP contribution is 2.27. The Balaban J connectivity index is 2.47. The first-order valence-electron chi connectivity index (χ1n) is 10.7. The van der Waals surface area contributed by atoms with Crippen LogP contribution in [0, 0.1) is 11.6 Å². The predicted molar refractivity (Wildman–Crippen MR) is 133 cm³/mol. The van der Waals surface area contributed by atoms with Crippen molar-refractivity contribution in [3.63, 3.8) is 0 Å². The smallest absolute Gasteiger partial charge is 0.244 e.